The van der Waals surface area contributed by atoms with Crippen molar-refractivity contribution in [3.63, 3.8) is 0 Å². The molecule has 5 nitrogen and oxygen atoms in total. The number of rotatable bonds is 4. The number of piperidine rings is 1. The molecular formula is C17H20ClN3O2. The predicted octanol–water partition coefficient (Wildman–Crippen LogP) is 2.94. The Bertz CT molecular complexity index is 718. The normalized spacial score (nSPS) is 20.0. The fourth-order valence-corrected chi connectivity index (χ4v) is 3.30. The zero-order valence-corrected chi connectivity index (χ0v) is 13.7. The van der Waals surface area contributed by atoms with Crippen LogP contribution < -0.4 is 5.32 Å². The summed E-state index contributed by atoms with van der Waals surface area (Å²) in [6.45, 7) is 2.32. The van der Waals surface area contributed by atoms with E-state index in [9.17, 15) is 4.79 Å². The van der Waals surface area contributed by atoms with Crippen molar-refractivity contribution in [3.05, 3.63) is 29.1 Å². The maximum atomic E-state index is 11.9. The molecule has 6 heteroatoms. The van der Waals surface area contributed by atoms with E-state index < -0.39 is 0 Å². The summed E-state index contributed by atoms with van der Waals surface area (Å²) >= 11 is 6.00. The van der Waals surface area contributed by atoms with Gasteiger partial charge in [0.25, 0.3) is 0 Å². The maximum absolute atomic E-state index is 11.9. The molecule has 1 amide bonds. The number of carbonyl (C=O) groups excluding carboxylic acids is 1. The second-order valence-electron chi connectivity index (χ2n) is 6.56. The summed E-state index contributed by atoms with van der Waals surface area (Å²) in [5, 5.41) is 3.72. The van der Waals surface area contributed by atoms with Crippen molar-refractivity contribution in [2.75, 3.05) is 19.6 Å². The minimum Gasteiger partial charge on any atom is -0.440 e. The van der Waals surface area contributed by atoms with Gasteiger partial charge in [-0.05, 0) is 57.0 Å². The van der Waals surface area contributed by atoms with Crippen LogP contribution in [0.4, 0.5) is 0 Å². The molecule has 23 heavy (non-hydrogen) atoms. The van der Waals surface area contributed by atoms with Gasteiger partial charge < -0.3 is 9.73 Å². The van der Waals surface area contributed by atoms with Crippen LogP contribution in [0.25, 0.3) is 11.1 Å². The van der Waals surface area contributed by atoms with Gasteiger partial charge >= 0.3 is 0 Å². The van der Waals surface area contributed by atoms with Crippen LogP contribution in [0, 0.1) is 0 Å². The molecule has 1 saturated carbocycles. The highest BCUT2D eigenvalue weighted by atomic mass is 35.5. The Morgan fingerprint density at radius 1 is 1.30 bits per heavy atom. The van der Waals surface area contributed by atoms with Crippen molar-refractivity contribution in [1.82, 2.24) is 15.2 Å². The van der Waals surface area contributed by atoms with Crippen molar-refractivity contribution < 1.29 is 9.21 Å². The van der Waals surface area contributed by atoms with Crippen LogP contribution in [0.5, 0.6) is 0 Å². The van der Waals surface area contributed by atoms with Gasteiger partial charge in [0.05, 0.1) is 6.54 Å². The molecule has 1 aliphatic heterocycles. The molecule has 2 heterocycles. The molecule has 122 valence electrons. The molecule has 2 aromatic rings. The second-order valence-corrected chi connectivity index (χ2v) is 6.99. The number of nitrogens with one attached hydrogen (secondary N) is 1. The van der Waals surface area contributed by atoms with Crippen LogP contribution >= 0.6 is 11.6 Å². The van der Waals surface area contributed by atoms with Gasteiger partial charge in [0.1, 0.15) is 5.52 Å². The zero-order chi connectivity index (χ0) is 15.8. The largest absolute Gasteiger partial charge is 0.440 e. The van der Waals surface area contributed by atoms with Gasteiger partial charge in [-0.25, -0.2) is 4.98 Å². The standard InChI is InChI=1S/C17H20ClN3O2/c18-12-1-4-15-14(9-12)20-17(23-15)11-5-7-21(8-6-11)10-16(22)19-13-2-3-13/h1,4,9,11,13H,2-3,5-8,10H2,(H,19,22). The minimum absolute atomic E-state index is 0.155. The van der Waals surface area contributed by atoms with Crippen LogP contribution in [0.1, 0.15) is 37.5 Å². The fourth-order valence-electron chi connectivity index (χ4n) is 3.14. The number of oxazole rings is 1. The van der Waals surface area contributed by atoms with E-state index in [1.54, 1.807) is 0 Å². The number of aromatic nitrogens is 1. The number of amides is 1. The Morgan fingerprint density at radius 2 is 2.09 bits per heavy atom. The number of hydrogen-bond donors (Lipinski definition) is 1. The highest BCUT2D eigenvalue weighted by molar-refractivity contribution is 6.31. The highest BCUT2D eigenvalue weighted by Gasteiger charge is 2.27. The molecule has 0 atom stereocenters. The Kier molecular flexibility index (Phi) is 3.99. The molecule has 2 fully saturated rings. The van der Waals surface area contributed by atoms with Crippen molar-refractivity contribution in [1.29, 1.82) is 0 Å². The molecule has 0 unspecified atom stereocenters. The van der Waals surface area contributed by atoms with E-state index in [1.807, 2.05) is 18.2 Å². The van der Waals surface area contributed by atoms with Crippen molar-refractivity contribution >= 4 is 28.6 Å². The Labute approximate surface area is 140 Å². The summed E-state index contributed by atoms with van der Waals surface area (Å²) in [6.07, 6.45) is 4.21. The number of benzene rings is 1. The summed E-state index contributed by atoms with van der Waals surface area (Å²) in [5.74, 6) is 1.27. The van der Waals surface area contributed by atoms with Gasteiger partial charge in [-0.15, -0.1) is 0 Å². The summed E-state index contributed by atoms with van der Waals surface area (Å²) in [7, 11) is 0. The lowest BCUT2D eigenvalue weighted by molar-refractivity contribution is -0.122. The highest BCUT2D eigenvalue weighted by Crippen LogP contribution is 2.30. The molecule has 0 radical (unpaired) electrons. The first kappa shape index (κ1) is 15.0. The average molecular weight is 334 g/mol. The van der Waals surface area contributed by atoms with Crippen molar-refractivity contribution in [3.8, 4) is 0 Å². The average Bonchev–Trinajstić information content (AvgIpc) is 3.24. The third-order valence-electron chi connectivity index (χ3n) is 4.61. The molecule has 0 bridgehead atoms. The molecule has 1 aromatic heterocycles. The lowest BCUT2D eigenvalue weighted by Gasteiger charge is -2.29. The molecule has 1 aromatic carbocycles. The number of hydrogen-bond acceptors (Lipinski definition) is 4. The number of carbonyl (C=O) groups is 1. The fraction of sp³-hybridized carbons (Fsp3) is 0.529. The third-order valence-corrected chi connectivity index (χ3v) is 4.85. The van der Waals surface area contributed by atoms with Gasteiger partial charge in [0.2, 0.25) is 5.91 Å². The molecule has 1 saturated heterocycles. The second kappa shape index (κ2) is 6.13. The topological polar surface area (TPSA) is 58.4 Å². The summed E-state index contributed by atoms with van der Waals surface area (Å²) < 4.78 is 5.87. The van der Waals surface area contributed by atoms with Gasteiger partial charge in [-0.2, -0.15) is 0 Å². The van der Waals surface area contributed by atoms with Crippen molar-refractivity contribution in [2.45, 2.75) is 37.6 Å². The first-order chi connectivity index (χ1) is 11.2. The molecule has 1 N–H and O–H groups in total. The first-order valence-electron chi connectivity index (χ1n) is 8.25. The Hall–Kier alpha value is -1.59. The van der Waals surface area contributed by atoms with Crippen LogP contribution in [0.15, 0.2) is 22.6 Å². The van der Waals surface area contributed by atoms with E-state index in [0.717, 1.165) is 55.8 Å². The molecule has 1 aliphatic carbocycles. The van der Waals surface area contributed by atoms with E-state index >= 15 is 0 Å². The molecule has 4 rings (SSSR count). The Balaban J connectivity index is 1.35. The van der Waals surface area contributed by atoms with E-state index in [1.165, 1.54) is 0 Å². The monoisotopic (exact) mass is 333 g/mol. The Morgan fingerprint density at radius 3 is 2.83 bits per heavy atom. The first-order valence-corrected chi connectivity index (χ1v) is 8.63. The number of fused-ring (bicyclic) bond motifs is 1. The SMILES string of the molecule is O=C(CN1CCC(c2nc3cc(Cl)ccc3o2)CC1)NC1CC1. The predicted molar refractivity (Wildman–Crippen MR) is 88.6 cm³/mol. The summed E-state index contributed by atoms with van der Waals surface area (Å²) in [5.41, 5.74) is 1.61. The van der Waals surface area contributed by atoms with Crippen molar-refractivity contribution in [2.24, 2.45) is 0 Å². The number of halogens is 1. The van der Waals surface area contributed by atoms with Crippen LogP contribution in [0.2, 0.25) is 5.02 Å². The maximum Gasteiger partial charge on any atom is 0.234 e. The van der Waals surface area contributed by atoms with E-state index in [0.29, 0.717) is 23.5 Å². The number of likely N-dealkylation sites (tertiary alicyclic amines) is 1. The smallest absolute Gasteiger partial charge is 0.234 e. The zero-order valence-electron chi connectivity index (χ0n) is 12.9. The van der Waals surface area contributed by atoms with Crippen LogP contribution in [-0.4, -0.2) is 41.5 Å². The third kappa shape index (κ3) is 3.51. The minimum atomic E-state index is 0.155. The van der Waals surface area contributed by atoms with Gasteiger partial charge in [-0.1, -0.05) is 11.6 Å². The van der Waals surface area contributed by atoms with Crippen LogP contribution in [-0.2, 0) is 4.79 Å². The van der Waals surface area contributed by atoms with Gasteiger partial charge in [-0.3, -0.25) is 9.69 Å². The van der Waals surface area contributed by atoms with E-state index in [-0.39, 0.29) is 5.91 Å². The van der Waals surface area contributed by atoms with E-state index in [4.69, 9.17) is 16.0 Å². The van der Waals surface area contributed by atoms with E-state index in [2.05, 4.69) is 15.2 Å². The summed E-state index contributed by atoms with van der Waals surface area (Å²) in [6, 6.07) is 5.96. The lowest BCUT2D eigenvalue weighted by Crippen LogP contribution is -2.41. The number of nitrogens with zero attached hydrogens (tertiary/aromatic N) is 2. The molecule has 2 aliphatic rings. The van der Waals surface area contributed by atoms with Gasteiger partial charge in [0.15, 0.2) is 11.5 Å². The quantitative estimate of drug-likeness (QED) is 0.934. The van der Waals surface area contributed by atoms with Crippen LogP contribution in [0.3, 0.4) is 0 Å². The molecule has 0 spiro atoms. The molecular weight excluding hydrogens is 314 g/mol. The summed E-state index contributed by atoms with van der Waals surface area (Å²) in [4.78, 5) is 18.7. The lowest BCUT2D eigenvalue weighted by atomic mass is 9.97. The van der Waals surface area contributed by atoms with Gasteiger partial charge in [0, 0.05) is 17.0 Å².